The molecule has 1 aliphatic rings. The number of hydrogen-bond acceptors (Lipinski definition) is 9. The molecule has 10 nitrogen and oxygen atoms in total. The van der Waals surface area contributed by atoms with Crippen LogP contribution in [0.5, 0.6) is 17.2 Å². The molecule has 0 saturated carbocycles. The highest BCUT2D eigenvalue weighted by molar-refractivity contribution is 7.22. The Morgan fingerprint density at radius 2 is 1.87 bits per heavy atom. The molecule has 5 aromatic rings. The first-order valence-corrected chi connectivity index (χ1v) is 15.6. The third-order valence-electron chi connectivity index (χ3n) is 7.70. The lowest BCUT2D eigenvalue weighted by molar-refractivity contribution is -0.132. The standard InChI is InChI=1S/C34H34N4O6S/c1-6-43-25-17-21(10-13-24(25)44-16-14-19(2)3)30-28(31(39)29-20(4)35-27-9-7-8-15-37(27)29)32(40)33(41)38(30)34-36-23-12-11-22(42-5)18-26(23)45-34/h7-13,15,17-19,30,39H,6,14,16H2,1-5H3. The third kappa shape index (κ3) is 5.48. The zero-order valence-corrected chi connectivity index (χ0v) is 26.6. The molecule has 45 heavy (non-hydrogen) atoms. The number of rotatable bonds is 10. The lowest BCUT2D eigenvalue weighted by atomic mass is 9.96. The fraction of sp³-hybridized carbons (Fsp3) is 0.294. The van der Waals surface area contributed by atoms with E-state index in [0.717, 1.165) is 11.1 Å². The van der Waals surface area contributed by atoms with Crippen molar-refractivity contribution in [2.45, 2.75) is 40.2 Å². The summed E-state index contributed by atoms with van der Waals surface area (Å²) in [6.45, 7) is 8.78. The van der Waals surface area contributed by atoms with Gasteiger partial charge < -0.3 is 19.3 Å². The predicted octanol–water partition coefficient (Wildman–Crippen LogP) is 6.71. The summed E-state index contributed by atoms with van der Waals surface area (Å²) in [4.78, 5) is 38.5. The Morgan fingerprint density at radius 3 is 2.62 bits per heavy atom. The van der Waals surface area contributed by atoms with Crippen LogP contribution >= 0.6 is 11.3 Å². The number of hydrogen-bond donors (Lipinski definition) is 1. The van der Waals surface area contributed by atoms with Crippen molar-refractivity contribution >= 4 is 49.8 Å². The number of pyridine rings is 1. The Bertz CT molecular complexity index is 1960. The number of aromatic nitrogens is 3. The Morgan fingerprint density at radius 1 is 1.04 bits per heavy atom. The summed E-state index contributed by atoms with van der Waals surface area (Å²) in [6, 6.07) is 15.2. The van der Waals surface area contributed by atoms with E-state index in [1.807, 2.05) is 31.2 Å². The lowest BCUT2D eigenvalue weighted by Gasteiger charge is -2.24. The van der Waals surface area contributed by atoms with Gasteiger partial charge in [-0.1, -0.05) is 37.3 Å². The molecule has 1 atom stereocenters. The van der Waals surface area contributed by atoms with Gasteiger partial charge in [0.05, 0.1) is 47.8 Å². The molecule has 1 N–H and O–H groups in total. The van der Waals surface area contributed by atoms with Crippen LogP contribution in [0, 0.1) is 12.8 Å². The number of aryl methyl sites for hydroxylation is 1. The van der Waals surface area contributed by atoms with Gasteiger partial charge in [0.25, 0.3) is 5.78 Å². The first-order chi connectivity index (χ1) is 21.7. The minimum atomic E-state index is -1.01. The first-order valence-electron chi connectivity index (χ1n) is 14.8. The number of anilines is 1. The highest BCUT2D eigenvalue weighted by Gasteiger charge is 2.49. The molecule has 0 aliphatic carbocycles. The number of imidazole rings is 1. The van der Waals surface area contributed by atoms with Crippen LogP contribution in [-0.4, -0.2) is 51.5 Å². The van der Waals surface area contributed by atoms with Crippen molar-refractivity contribution in [3.8, 4) is 17.2 Å². The van der Waals surface area contributed by atoms with Crippen molar-refractivity contribution in [1.82, 2.24) is 14.4 Å². The van der Waals surface area contributed by atoms with E-state index in [1.165, 1.54) is 16.2 Å². The summed E-state index contributed by atoms with van der Waals surface area (Å²) in [7, 11) is 1.58. The van der Waals surface area contributed by atoms with E-state index >= 15 is 0 Å². The monoisotopic (exact) mass is 626 g/mol. The minimum Gasteiger partial charge on any atom is -0.505 e. The Balaban J connectivity index is 1.55. The number of carbonyl (C=O) groups is 2. The number of thiazole rings is 1. The summed E-state index contributed by atoms with van der Waals surface area (Å²) in [5, 5.41) is 12.2. The molecule has 1 fully saturated rings. The summed E-state index contributed by atoms with van der Waals surface area (Å²) in [5.41, 5.74) is 2.59. The third-order valence-corrected chi connectivity index (χ3v) is 8.72. The van der Waals surface area contributed by atoms with E-state index in [9.17, 15) is 14.7 Å². The number of benzene rings is 2. The van der Waals surface area contributed by atoms with E-state index in [4.69, 9.17) is 19.2 Å². The Labute approximate surface area is 264 Å². The fourth-order valence-electron chi connectivity index (χ4n) is 5.48. The zero-order valence-electron chi connectivity index (χ0n) is 25.7. The van der Waals surface area contributed by atoms with Gasteiger partial charge in [0.2, 0.25) is 0 Å². The van der Waals surface area contributed by atoms with Crippen LogP contribution in [0.1, 0.15) is 50.2 Å². The molecule has 0 spiro atoms. The number of aliphatic hydroxyl groups is 1. The van der Waals surface area contributed by atoms with Crippen molar-refractivity contribution < 1.29 is 28.9 Å². The SMILES string of the molecule is CCOc1cc(C2C(=C(O)c3c(C)nc4ccccn34)C(=O)C(=O)N2c2nc3ccc(OC)cc3s2)ccc1OCCC(C)C. The van der Waals surface area contributed by atoms with Crippen molar-refractivity contribution in [2.24, 2.45) is 5.92 Å². The summed E-state index contributed by atoms with van der Waals surface area (Å²) in [6.07, 6.45) is 2.63. The van der Waals surface area contributed by atoms with Crippen LogP contribution < -0.4 is 19.1 Å². The van der Waals surface area contributed by atoms with Gasteiger partial charge in [-0.25, -0.2) is 9.97 Å². The van der Waals surface area contributed by atoms with Crippen LogP contribution in [0.2, 0.25) is 0 Å². The van der Waals surface area contributed by atoms with Crippen molar-refractivity contribution in [2.75, 3.05) is 25.2 Å². The highest BCUT2D eigenvalue weighted by Crippen LogP contribution is 2.46. The number of ether oxygens (including phenoxy) is 3. The molecule has 1 amide bonds. The normalized spacial score (nSPS) is 16.3. The fourth-order valence-corrected chi connectivity index (χ4v) is 6.50. The molecule has 0 bridgehead atoms. The number of nitrogens with zero attached hydrogens (tertiary/aromatic N) is 4. The van der Waals surface area contributed by atoms with E-state index in [-0.39, 0.29) is 11.3 Å². The van der Waals surface area contributed by atoms with Crippen LogP contribution in [0.3, 0.4) is 0 Å². The maximum Gasteiger partial charge on any atom is 0.301 e. The maximum atomic E-state index is 13.9. The first kappa shape index (κ1) is 30.1. The molecule has 1 aliphatic heterocycles. The molecular formula is C34H34N4O6S. The lowest BCUT2D eigenvalue weighted by Crippen LogP contribution is -2.29. The number of amides is 1. The molecular weight excluding hydrogens is 592 g/mol. The van der Waals surface area contributed by atoms with E-state index in [0.29, 0.717) is 69.6 Å². The van der Waals surface area contributed by atoms with Crippen LogP contribution in [-0.2, 0) is 9.59 Å². The molecule has 0 radical (unpaired) electrons. The van der Waals surface area contributed by atoms with Crippen LogP contribution in [0.15, 0.2) is 66.4 Å². The minimum absolute atomic E-state index is 0.0680. The number of Topliss-reactive ketones (excluding diaryl/α,β-unsaturated/α-hetero) is 1. The van der Waals surface area contributed by atoms with Gasteiger partial charge in [0.1, 0.15) is 17.1 Å². The van der Waals surface area contributed by atoms with Crippen molar-refractivity contribution in [1.29, 1.82) is 0 Å². The topological polar surface area (TPSA) is 115 Å². The average Bonchev–Trinajstić information content (AvgIpc) is 3.67. The smallest absolute Gasteiger partial charge is 0.301 e. The number of ketones is 1. The predicted molar refractivity (Wildman–Crippen MR) is 173 cm³/mol. The molecule has 232 valence electrons. The molecule has 2 aromatic carbocycles. The summed E-state index contributed by atoms with van der Waals surface area (Å²) in [5.74, 6) is 0.205. The van der Waals surface area contributed by atoms with Crippen molar-refractivity contribution in [3.63, 3.8) is 0 Å². The zero-order chi connectivity index (χ0) is 31.8. The molecule has 4 heterocycles. The van der Waals surface area contributed by atoms with Gasteiger partial charge in [-0.3, -0.25) is 18.9 Å². The maximum absolute atomic E-state index is 13.9. The average molecular weight is 627 g/mol. The molecule has 6 rings (SSSR count). The second kappa shape index (κ2) is 12.2. The molecule has 11 heteroatoms. The highest BCUT2D eigenvalue weighted by atomic mass is 32.1. The molecule has 1 saturated heterocycles. The van der Waals surface area contributed by atoms with Gasteiger partial charge in [-0.2, -0.15) is 0 Å². The van der Waals surface area contributed by atoms with Gasteiger partial charge in [0, 0.05) is 6.20 Å². The van der Waals surface area contributed by atoms with Gasteiger partial charge in [-0.05, 0) is 74.2 Å². The van der Waals surface area contributed by atoms with E-state index < -0.39 is 17.7 Å². The van der Waals surface area contributed by atoms with Crippen LogP contribution in [0.25, 0.3) is 21.6 Å². The number of aliphatic hydroxyl groups excluding tert-OH is 1. The molecule has 3 aromatic heterocycles. The van der Waals surface area contributed by atoms with Crippen LogP contribution in [0.4, 0.5) is 5.13 Å². The van der Waals surface area contributed by atoms with Crippen molar-refractivity contribution in [3.05, 3.63) is 83.3 Å². The Kier molecular flexibility index (Phi) is 8.20. The quantitative estimate of drug-likeness (QED) is 0.103. The summed E-state index contributed by atoms with van der Waals surface area (Å²) >= 11 is 1.26. The second-order valence-corrected chi connectivity index (χ2v) is 12.2. The molecule has 1 unspecified atom stereocenters. The number of methoxy groups -OCH3 is 1. The summed E-state index contributed by atoms with van der Waals surface area (Å²) < 4.78 is 19.9. The van der Waals surface area contributed by atoms with Gasteiger partial charge in [-0.15, -0.1) is 0 Å². The van der Waals surface area contributed by atoms with Gasteiger partial charge in [0.15, 0.2) is 22.4 Å². The second-order valence-electron chi connectivity index (χ2n) is 11.1. The van der Waals surface area contributed by atoms with Gasteiger partial charge >= 0.3 is 5.91 Å². The Hall–Kier alpha value is -4.90. The largest absolute Gasteiger partial charge is 0.505 e. The van der Waals surface area contributed by atoms with E-state index in [1.54, 1.807) is 55.0 Å². The number of fused-ring (bicyclic) bond motifs is 2. The van der Waals surface area contributed by atoms with E-state index in [2.05, 4.69) is 18.8 Å². The number of carbonyl (C=O) groups excluding carboxylic acids is 2.